The van der Waals surface area contributed by atoms with Crippen LogP contribution in [-0.4, -0.2) is 10.7 Å². The molecule has 0 aromatic heterocycles. The Hall–Kier alpha value is -0.560. The normalized spacial score (nSPS) is 54.6. The smallest absolute Gasteiger partial charge is 0.0921 e. The topological polar surface area (TPSA) is 20.2 Å². The van der Waals surface area contributed by atoms with Gasteiger partial charge in [-0.1, -0.05) is 17.7 Å². The van der Waals surface area contributed by atoms with Gasteiger partial charge in [-0.2, -0.15) is 0 Å². The van der Waals surface area contributed by atoms with Crippen LogP contribution >= 0.6 is 0 Å². The summed E-state index contributed by atoms with van der Waals surface area (Å²) in [5, 5.41) is 10.6. The summed E-state index contributed by atoms with van der Waals surface area (Å²) in [6, 6.07) is 0. The highest BCUT2D eigenvalue weighted by atomic mass is 16.3. The molecule has 1 nitrogen and oxygen atoms in total. The van der Waals surface area contributed by atoms with E-state index in [1.807, 2.05) is 0 Å². The highest BCUT2D eigenvalue weighted by Gasteiger charge is 2.57. The fraction of sp³-hybridized carbons (Fsp3) is 0.692. The van der Waals surface area contributed by atoms with E-state index in [1.165, 1.54) is 24.8 Å². The van der Waals surface area contributed by atoms with Gasteiger partial charge < -0.3 is 5.11 Å². The standard InChI is InChI=1S/C13H18O/c1-3-13(14)10-6-8(2)12-9(7-10)4-5-11(12)13/h3,6,9-12,14H,1,4-5,7H2,2H3/t9-,10-,11-,12+,13+/m1/s1. The lowest BCUT2D eigenvalue weighted by molar-refractivity contribution is -0.0622. The predicted octanol–water partition coefficient (Wildman–Crippen LogP) is 2.53. The second-order valence-electron chi connectivity index (χ2n) is 5.31. The first-order chi connectivity index (χ1) is 6.66. The molecule has 0 amide bonds. The van der Waals surface area contributed by atoms with Crippen molar-refractivity contribution in [3.05, 3.63) is 24.3 Å². The number of allylic oxidation sites excluding steroid dienone is 1. The Kier molecular flexibility index (Phi) is 1.57. The first-order valence-electron chi connectivity index (χ1n) is 5.71. The first-order valence-corrected chi connectivity index (χ1v) is 5.71. The van der Waals surface area contributed by atoms with E-state index < -0.39 is 5.60 Å². The molecule has 1 heteroatoms. The molecule has 0 saturated heterocycles. The maximum Gasteiger partial charge on any atom is 0.0921 e. The molecule has 1 N–H and O–H groups in total. The predicted molar refractivity (Wildman–Crippen MR) is 56.7 cm³/mol. The average molecular weight is 190 g/mol. The van der Waals surface area contributed by atoms with Gasteiger partial charge >= 0.3 is 0 Å². The van der Waals surface area contributed by atoms with E-state index in [4.69, 9.17) is 0 Å². The lowest BCUT2D eigenvalue weighted by Crippen LogP contribution is -2.52. The van der Waals surface area contributed by atoms with Gasteiger partial charge in [-0.15, -0.1) is 6.58 Å². The minimum absolute atomic E-state index is 0.350. The molecule has 0 aliphatic heterocycles. The van der Waals surface area contributed by atoms with Crippen LogP contribution in [0.15, 0.2) is 24.3 Å². The van der Waals surface area contributed by atoms with Crippen molar-refractivity contribution in [2.75, 3.05) is 0 Å². The quantitative estimate of drug-likeness (QED) is 0.630. The fourth-order valence-corrected chi connectivity index (χ4v) is 4.28. The molecule has 0 radical (unpaired) electrons. The van der Waals surface area contributed by atoms with Gasteiger partial charge in [0.15, 0.2) is 0 Å². The summed E-state index contributed by atoms with van der Waals surface area (Å²) in [7, 11) is 0. The minimum Gasteiger partial charge on any atom is -0.385 e. The third-order valence-electron chi connectivity index (χ3n) is 4.85. The molecule has 76 valence electrons. The van der Waals surface area contributed by atoms with E-state index in [0.29, 0.717) is 17.8 Å². The number of hydrogen-bond acceptors (Lipinski definition) is 1. The van der Waals surface area contributed by atoms with Crippen LogP contribution in [0.4, 0.5) is 0 Å². The molecule has 4 bridgehead atoms. The Labute approximate surface area is 85.5 Å². The zero-order valence-corrected chi connectivity index (χ0v) is 8.74. The van der Waals surface area contributed by atoms with Crippen LogP contribution in [0, 0.1) is 23.7 Å². The van der Waals surface area contributed by atoms with Gasteiger partial charge in [0, 0.05) is 5.92 Å². The molecule has 4 rings (SSSR count). The Morgan fingerprint density at radius 1 is 1.57 bits per heavy atom. The van der Waals surface area contributed by atoms with Crippen molar-refractivity contribution >= 4 is 0 Å². The van der Waals surface area contributed by atoms with Crippen LogP contribution in [0.1, 0.15) is 26.2 Å². The number of aliphatic hydroxyl groups is 1. The third-order valence-corrected chi connectivity index (χ3v) is 4.85. The Balaban J connectivity index is 2.13. The highest BCUT2D eigenvalue weighted by Crippen LogP contribution is 2.60. The van der Waals surface area contributed by atoms with E-state index in [9.17, 15) is 5.11 Å². The summed E-state index contributed by atoms with van der Waals surface area (Å²) in [4.78, 5) is 0. The third kappa shape index (κ3) is 0.802. The van der Waals surface area contributed by atoms with E-state index in [0.717, 1.165) is 5.92 Å². The average Bonchev–Trinajstić information content (AvgIpc) is 2.56. The highest BCUT2D eigenvalue weighted by molar-refractivity contribution is 5.30. The Morgan fingerprint density at radius 2 is 2.36 bits per heavy atom. The molecule has 0 unspecified atom stereocenters. The zero-order valence-electron chi connectivity index (χ0n) is 8.74. The van der Waals surface area contributed by atoms with Crippen molar-refractivity contribution in [3.8, 4) is 0 Å². The molecule has 4 aliphatic rings. The van der Waals surface area contributed by atoms with Gasteiger partial charge in [0.2, 0.25) is 0 Å². The van der Waals surface area contributed by atoms with Crippen molar-refractivity contribution in [2.24, 2.45) is 23.7 Å². The summed E-state index contributed by atoms with van der Waals surface area (Å²) in [5.41, 5.74) is 0.942. The van der Waals surface area contributed by atoms with Gasteiger partial charge in [-0.3, -0.25) is 0 Å². The molecule has 5 atom stereocenters. The summed E-state index contributed by atoms with van der Waals surface area (Å²) in [6.07, 6.45) is 7.79. The largest absolute Gasteiger partial charge is 0.385 e. The van der Waals surface area contributed by atoms with Gasteiger partial charge in [0.05, 0.1) is 5.60 Å². The zero-order chi connectivity index (χ0) is 9.92. The molecule has 0 spiro atoms. The molecule has 14 heavy (non-hydrogen) atoms. The molecule has 0 heterocycles. The maximum atomic E-state index is 10.6. The van der Waals surface area contributed by atoms with Crippen LogP contribution in [0.25, 0.3) is 0 Å². The van der Waals surface area contributed by atoms with Crippen LogP contribution in [0.2, 0.25) is 0 Å². The molecule has 2 saturated carbocycles. The van der Waals surface area contributed by atoms with Crippen molar-refractivity contribution in [1.82, 2.24) is 0 Å². The Morgan fingerprint density at radius 3 is 3.07 bits per heavy atom. The van der Waals surface area contributed by atoms with Gasteiger partial charge in [0.1, 0.15) is 0 Å². The minimum atomic E-state index is -0.586. The van der Waals surface area contributed by atoms with E-state index in [2.05, 4.69) is 19.6 Å². The van der Waals surface area contributed by atoms with Gasteiger partial charge in [-0.25, -0.2) is 0 Å². The summed E-state index contributed by atoms with van der Waals surface area (Å²) >= 11 is 0. The van der Waals surface area contributed by atoms with Crippen molar-refractivity contribution in [2.45, 2.75) is 31.8 Å². The lowest BCUT2D eigenvalue weighted by atomic mass is 9.57. The number of rotatable bonds is 1. The SMILES string of the molecule is C=C[C@]1(O)[C@@H]2C=C(C)[C@H]3[C@H](CC[C@H]31)C2. The van der Waals surface area contributed by atoms with Gasteiger partial charge in [-0.05, 0) is 43.9 Å². The van der Waals surface area contributed by atoms with Crippen LogP contribution in [-0.2, 0) is 0 Å². The van der Waals surface area contributed by atoms with Crippen LogP contribution in [0.5, 0.6) is 0 Å². The molecule has 4 aliphatic carbocycles. The van der Waals surface area contributed by atoms with Gasteiger partial charge in [0.25, 0.3) is 0 Å². The van der Waals surface area contributed by atoms with Crippen molar-refractivity contribution in [1.29, 1.82) is 0 Å². The second-order valence-corrected chi connectivity index (χ2v) is 5.31. The fourth-order valence-electron chi connectivity index (χ4n) is 4.28. The Bertz CT molecular complexity index is 317. The maximum absolute atomic E-state index is 10.6. The molecule has 0 aromatic rings. The molecular formula is C13H18O. The monoisotopic (exact) mass is 190 g/mol. The summed E-state index contributed by atoms with van der Waals surface area (Å²) in [5.74, 6) is 2.33. The van der Waals surface area contributed by atoms with E-state index >= 15 is 0 Å². The van der Waals surface area contributed by atoms with Crippen LogP contribution in [0.3, 0.4) is 0 Å². The molecule has 2 fully saturated rings. The summed E-state index contributed by atoms with van der Waals surface area (Å²) < 4.78 is 0. The van der Waals surface area contributed by atoms with Crippen molar-refractivity contribution < 1.29 is 5.11 Å². The number of hydrogen-bond donors (Lipinski definition) is 1. The van der Waals surface area contributed by atoms with E-state index in [1.54, 1.807) is 6.08 Å². The first kappa shape index (κ1) is 8.72. The second kappa shape index (κ2) is 2.52. The molecule has 0 aromatic carbocycles. The molecular weight excluding hydrogens is 172 g/mol. The van der Waals surface area contributed by atoms with E-state index in [-0.39, 0.29) is 0 Å². The van der Waals surface area contributed by atoms with Crippen LogP contribution < -0.4 is 0 Å². The summed E-state index contributed by atoms with van der Waals surface area (Å²) in [6.45, 7) is 6.08. The van der Waals surface area contributed by atoms with Crippen molar-refractivity contribution in [3.63, 3.8) is 0 Å². The lowest BCUT2D eigenvalue weighted by Gasteiger charge is -2.51.